The molecule has 98 valence electrons. The molecule has 0 fully saturated rings. The van der Waals surface area contributed by atoms with Crippen molar-refractivity contribution in [2.75, 3.05) is 60.8 Å². The van der Waals surface area contributed by atoms with E-state index >= 15 is 0 Å². The summed E-state index contributed by atoms with van der Waals surface area (Å²) in [6.45, 7) is 4.59. The fourth-order valence-electron chi connectivity index (χ4n) is 1.61. The highest BCUT2D eigenvalue weighted by atomic mass is 16.5. The fourth-order valence-corrected chi connectivity index (χ4v) is 1.61. The van der Waals surface area contributed by atoms with Gasteiger partial charge < -0.3 is 19.9 Å². The average molecular weight is 234 g/mol. The molecule has 0 rings (SSSR count). The molecule has 1 unspecified atom stereocenters. The van der Waals surface area contributed by atoms with Crippen molar-refractivity contribution in [2.45, 2.75) is 12.5 Å². The lowest BCUT2D eigenvalue weighted by Crippen LogP contribution is -2.45. The third kappa shape index (κ3) is 7.14. The number of hydrogen-bond acceptors (Lipinski definition) is 5. The molecule has 0 spiro atoms. The van der Waals surface area contributed by atoms with Gasteiger partial charge in [-0.15, -0.1) is 0 Å². The molecule has 0 saturated carbocycles. The molecule has 2 N–H and O–H groups in total. The number of ether oxygens (including phenoxy) is 3. The highest BCUT2D eigenvalue weighted by molar-refractivity contribution is 4.72. The van der Waals surface area contributed by atoms with Gasteiger partial charge in [-0.25, -0.2) is 0 Å². The third-order valence-corrected chi connectivity index (χ3v) is 2.52. The van der Waals surface area contributed by atoms with Crippen molar-refractivity contribution in [1.82, 2.24) is 4.90 Å². The molecule has 0 amide bonds. The molecule has 0 aliphatic rings. The summed E-state index contributed by atoms with van der Waals surface area (Å²) in [5, 5.41) is 0. The Kier molecular flexibility index (Phi) is 11.1. The largest absolute Gasteiger partial charge is 0.385 e. The maximum absolute atomic E-state index is 5.74. The van der Waals surface area contributed by atoms with Crippen LogP contribution < -0.4 is 5.73 Å². The molecular weight excluding hydrogens is 208 g/mol. The Morgan fingerprint density at radius 3 is 2.19 bits per heavy atom. The van der Waals surface area contributed by atoms with E-state index in [0.29, 0.717) is 19.8 Å². The van der Waals surface area contributed by atoms with E-state index in [1.807, 2.05) is 0 Å². The predicted molar refractivity (Wildman–Crippen MR) is 64.7 cm³/mol. The summed E-state index contributed by atoms with van der Waals surface area (Å²) in [6.07, 6.45) is 1.00. The molecule has 0 aliphatic heterocycles. The minimum atomic E-state index is 0.261. The second-order valence-electron chi connectivity index (χ2n) is 3.72. The van der Waals surface area contributed by atoms with Gasteiger partial charge in [0, 0.05) is 53.6 Å². The Morgan fingerprint density at radius 2 is 1.69 bits per heavy atom. The summed E-state index contributed by atoms with van der Waals surface area (Å²) in [6, 6.07) is 0.261. The zero-order chi connectivity index (χ0) is 12.2. The van der Waals surface area contributed by atoms with Gasteiger partial charge in [0.2, 0.25) is 0 Å². The van der Waals surface area contributed by atoms with Gasteiger partial charge in [-0.1, -0.05) is 0 Å². The van der Waals surface area contributed by atoms with Gasteiger partial charge in [0.25, 0.3) is 0 Å². The molecule has 0 aromatic rings. The van der Waals surface area contributed by atoms with E-state index in [1.54, 1.807) is 21.3 Å². The van der Waals surface area contributed by atoms with E-state index in [9.17, 15) is 0 Å². The third-order valence-electron chi connectivity index (χ3n) is 2.52. The predicted octanol–water partition coefficient (Wildman–Crippen LogP) is -0.0550. The van der Waals surface area contributed by atoms with Crippen molar-refractivity contribution in [2.24, 2.45) is 5.73 Å². The van der Waals surface area contributed by atoms with Gasteiger partial charge in [0.1, 0.15) is 0 Å². The molecule has 1 atom stereocenters. The zero-order valence-corrected chi connectivity index (χ0v) is 10.8. The lowest BCUT2D eigenvalue weighted by atomic mass is 10.2. The van der Waals surface area contributed by atoms with Crippen LogP contribution in [0.25, 0.3) is 0 Å². The van der Waals surface area contributed by atoms with E-state index in [1.165, 1.54) is 0 Å². The summed E-state index contributed by atoms with van der Waals surface area (Å²) >= 11 is 0. The minimum absolute atomic E-state index is 0.261. The van der Waals surface area contributed by atoms with Crippen molar-refractivity contribution in [3.05, 3.63) is 0 Å². The van der Waals surface area contributed by atoms with Crippen molar-refractivity contribution in [3.8, 4) is 0 Å². The molecule has 0 radical (unpaired) electrons. The Hall–Kier alpha value is -0.200. The summed E-state index contributed by atoms with van der Waals surface area (Å²) in [7, 11) is 5.13. The Balaban J connectivity index is 4.02. The second kappa shape index (κ2) is 11.3. The van der Waals surface area contributed by atoms with E-state index in [0.717, 1.165) is 26.1 Å². The number of rotatable bonds is 11. The van der Waals surface area contributed by atoms with Crippen LogP contribution in [0.5, 0.6) is 0 Å². The van der Waals surface area contributed by atoms with Gasteiger partial charge in [0.15, 0.2) is 0 Å². The highest BCUT2D eigenvalue weighted by Crippen LogP contribution is 2.01. The van der Waals surface area contributed by atoms with E-state index < -0.39 is 0 Å². The molecule has 0 aromatic heterocycles. The first kappa shape index (κ1) is 15.8. The monoisotopic (exact) mass is 234 g/mol. The lowest BCUT2D eigenvalue weighted by molar-refractivity contribution is 0.0641. The van der Waals surface area contributed by atoms with Crippen molar-refractivity contribution < 1.29 is 14.2 Å². The van der Waals surface area contributed by atoms with Crippen molar-refractivity contribution in [1.29, 1.82) is 0 Å². The number of nitrogens with two attached hydrogens (primary N) is 1. The smallest absolute Gasteiger partial charge is 0.0630 e. The van der Waals surface area contributed by atoms with Gasteiger partial charge in [0.05, 0.1) is 13.2 Å². The maximum atomic E-state index is 5.74. The van der Waals surface area contributed by atoms with Crippen LogP contribution in [-0.2, 0) is 14.2 Å². The molecular formula is C11H26N2O3. The van der Waals surface area contributed by atoms with Crippen LogP contribution in [0.1, 0.15) is 6.42 Å². The number of hydrogen-bond donors (Lipinski definition) is 1. The Labute approximate surface area is 98.8 Å². The van der Waals surface area contributed by atoms with Crippen LogP contribution in [0.2, 0.25) is 0 Å². The Bertz CT molecular complexity index is 147. The topological polar surface area (TPSA) is 57.0 Å². The lowest BCUT2D eigenvalue weighted by Gasteiger charge is -2.30. The first-order valence-corrected chi connectivity index (χ1v) is 5.71. The highest BCUT2D eigenvalue weighted by Gasteiger charge is 2.16. The summed E-state index contributed by atoms with van der Waals surface area (Å²) in [4.78, 5) is 2.30. The van der Waals surface area contributed by atoms with Crippen LogP contribution in [0.3, 0.4) is 0 Å². The van der Waals surface area contributed by atoms with Crippen LogP contribution >= 0.6 is 0 Å². The van der Waals surface area contributed by atoms with Crippen molar-refractivity contribution in [3.63, 3.8) is 0 Å². The van der Waals surface area contributed by atoms with E-state index in [2.05, 4.69) is 4.90 Å². The second-order valence-corrected chi connectivity index (χ2v) is 3.72. The van der Waals surface area contributed by atoms with Crippen LogP contribution in [0.15, 0.2) is 0 Å². The summed E-state index contributed by atoms with van der Waals surface area (Å²) < 4.78 is 15.3. The number of methoxy groups -OCH3 is 3. The van der Waals surface area contributed by atoms with Gasteiger partial charge in [-0.3, -0.25) is 4.90 Å². The normalized spacial score (nSPS) is 13.3. The summed E-state index contributed by atoms with van der Waals surface area (Å²) in [5.74, 6) is 0. The Morgan fingerprint density at radius 1 is 1.00 bits per heavy atom. The van der Waals surface area contributed by atoms with E-state index in [-0.39, 0.29) is 6.04 Å². The van der Waals surface area contributed by atoms with Crippen molar-refractivity contribution >= 4 is 0 Å². The molecule has 0 bridgehead atoms. The standard InChI is InChI=1S/C11H26N2O3/c1-14-7-4-5-13(6-8-15-2)11(9-12)10-16-3/h11H,4-10,12H2,1-3H3. The number of nitrogens with zero attached hydrogens (tertiary/aromatic N) is 1. The first-order chi connectivity index (χ1) is 7.79. The molecule has 0 heterocycles. The van der Waals surface area contributed by atoms with Crippen LogP contribution in [0.4, 0.5) is 0 Å². The van der Waals surface area contributed by atoms with Crippen LogP contribution in [-0.4, -0.2) is 71.7 Å². The van der Waals surface area contributed by atoms with Gasteiger partial charge >= 0.3 is 0 Å². The molecule has 0 aromatic carbocycles. The zero-order valence-electron chi connectivity index (χ0n) is 10.8. The molecule has 16 heavy (non-hydrogen) atoms. The first-order valence-electron chi connectivity index (χ1n) is 5.71. The maximum Gasteiger partial charge on any atom is 0.0630 e. The fraction of sp³-hybridized carbons (Fsp3) is 1.00. The average Bonchev–Trinajstić information content (AvgIpc) is 2.31. The van der Waals surface area contributed by atoms with Gasteiger partial charge in [-0.2, -0.15) is 0 Å². The SMILES string of the molecule is COCCCN(CCOC)C(CN)COC. The minimum Gasteiger partial charge on any atom is -0.385 e. The van der Waals surface area contributed by atoms with E-state index in [4.69, 9.17) is 19.9 Å². The van der Waals surface area contributed by atoms with Crippen LogP contribution in [0, 0.1) is 0 Å². The quantitative estimate of drug-likeness (QED) is 0.508. The molecule has 5 heteroatoms. The summed E-state index contributed by atoms with van der Waals surface area (Å²) in [5.41, 5.74) is 5.74. The van der Waals surface area contributed by atoms with Gasteiger partial charge in [-0.05, 0) is 6.42 Å². The molecule has 0 saturated heterocycles. The molecule has 0 aliphatic carbocycles. The molecule has 5 nitrogen and oxygen atoms in total.